The molecule has 1 amide bonds. The second kappa shape index (κ2) is 8.21. The molecule has 9 nitrogen and oxygen atoms in total. The molecule has 0 spiro atoms. The van der Waals surface area contributed by atoms with Gasteiger partial charge in [0.05, 0.1) is 6.04 Å². The lowest BCUT2D eigenvalue weighted by Gasteiger charge is -2.41. The summed E-state index contributed by atoms with van der Waals surface area (Å²) in [5.74, 6) is -0.334. The van der Waals surface area contributed by atoms with Crippen LogP contribution in [0.4, 0.5) is 0 Å². The van der Waals surface area contributed by atoms with Crippen LogP contribution in [0.25, 0.3) is 10.8 Å². The van der Waals surface area contributed by atoms with Gasteiger partial charge in [0.1, 0.15) is 43.9 Å². The monoisotopic (exact) mass is 417 g/mol. The number of rotatable bonds is 5. The number of carbonyl (C=O) groups excluding carboxylic acids is 1. The molecule has 30 heavy (non-hydrogen) atoms. The molecule has 0 bridgehead atoms. The minimum Gasteiger partial charge on any atom is -0.504 e. The van der Waals surface area contributed by atoms with Crippen molar-refractivity contribution in [2.75, 3.05) is 13.4 Å². The third-order valence-corrected chi connectivity index (χ3v) is 5.44. The number of nitrogens with one attached hydrogen (secondary N) is 1. The van der Waals surface area contributed by atoms with E-state index in [0.717, 1.165) is 5.39 Å². The molecule has 2 fully saturated rings. The molecule has 1 saturated carbocycles. The van der Waals surface area contributed by atoms with Crippen molar-refractivity contribution in [1.29, 1.82) is 0 Å². The first-order valence-corrected chi connectivity index (χ1v) is 9.49. The van der Waals surface area contributed by atoms with Crippen molar-refractivity contribution in [2.45, 2.75) is 36.6 Å². The summed E-state index contributed by atoms with van der Waals surface area (Å²) in [6.07, 6.45) is -4.14. The molecular weight excluding hydrogens is 394 g/mol. The number of aliphatic hydroxyl groups excluding tert-OH is 3. The minimum absolute atomic E-state index is 0.0763. The average Bonchev–Trinajstić information content (AvgIpc) is 3.23. The summed E-state index contributed by atoms with van der Waals surface area (Å²) < 4.78 is 15.9. The Morgan fingerprint density at radius 3 is 2.57 bits per heavy atom. The molecular formula is C21H23NO8. The predicted molar refractivity (Wildman–Crippen MR) is 105 cm³/mol. The van der Waals surface area contributed by atoms with E-state index in [9.17, 15) is 25.2 Å². The van der Waals surface area contributed by atoms with E-state index in [1.165, 1.54) is 6.07 Å². The Kier molecular flexibility index (Phi) is 5.63. The van der Waals surface area contributed by atoms with E-state index >= 15 is 0 Å². The van der Waals surface area contributed by atoms with E-state index in [2.05, 4.69) is 11.9 Å². The average molecular weight is 417 g/mol. The van der Waals surface area contributed by atoms with Crippen LogP contribution in [0.15, 0.2) is 43.0 Å². The lowest BCUT2D eigenvalue weighted by atomic mass is 9.83. The zero-order chi connectivity index (χ0) is 21.4. The van der Waals surface area contributed by atoms with Gasteiger partial charge < -0.3 is 40.0 Å². The highest BCUT2D eigenvalue weighted by atomic mass is 16.7. The normalized spacial score (nSPS) is 30.6. The zero-order valence-corrected chi connectivity index (χ0v) is 16.0. The van der Waals surface area contributed by atoms with Gasteiger partial charge in [0, 0.05) is 5.56 Å². The van der Waals surface area contributed by atoms with Crippen molar-refractivity contribution in [3.05, 3.63) is 48.6 Å². The van der Waals surface area contributed by atoms with Gasteiger partial charge >= 0.3 is 0 Å². The highest BCUT2D eigenvalue weighted by molar-refractivity contribution is 5.99. The Morgan fingerprint density at radius 1 is 1.10 bits per heavy atom. The van der Waals surface area contributed by atoms with Crippen molar-refractivity contribution >= 4 is 16.7 Å². The van der Waals surface area contributed by atoms with Gasteiger partial charge in [0.25, 0.3) is 5.91 Å². The predicted octanol–water partition coefficient (Wildman–Crippen LogP) is 0.0464. The van der Waals surface area contributed by atoms with Crippen molar-refractivity contribution in [2.24, 2.45) is 0 Å². The maximum atomic E-state index is 12.8. The molecule has 0 radical (unpaired) electrons. The highest BCUT2D eigenvalue weighted by Gasteiger charge is 2.53. The van der Waals surface area contributed by atoms with Crippen LogP contribution in [0.3, 0.4) is 0 Å². The zero-order valence-electron chi connectivity index (χ0n) is 16.0. The standard InChI is InChI=1S/C21H23NO8/c1-2-5-28-14-8-10-3-4-11(6-12(10)7-13(14)23)21(27)22-15-16(24)18(26)20-19(17(15)25)29-9-30-20/h2-4,6-8,15-20,23-26H,1,5,9H2,(H,22,27)/t15-,16+,17-,18-,19+,20-/m1/s1. The van der Waals surface area contributed by atoms with Gasteiger partial charge in [-0.15, -0.1) is 0 Å². The topological polar surface area (TPSA) is 138 Å². The maximum Gasteiger partial charge on any atom is 0.251 e. The number of aliphatic hydroxyl groups is 3. The van der Waals surface area contributed by atoms with Gasteiger partial charge in [-0.3, -0.25) is 4.79 Å². The summed E-state index contributed by atoms with van der Waals surface area (Å²) >= 11 is 0. The molecule has 1 aliphatic carbocycles. The van der Waals surface area contributed by atoms with Gasteiger partial charge in [-0.2, -0.15) is 0 Å². The number of ether oxygens (including phenoxy) is 3. The van der Waals surface area contributed by atoms with Crippen molar-refractivity contribution < 1.29 is 39.4 Å². The molecule has 4 rings (SSSR count). The smallest absolute Gasteiger partial charge is 0.251 e. The molecule has 1 heterocycles. The number of phenols is 1. The Hall–Kier alpha value is -2.69. The van der Waals surface area contributed by atoms with Gasteiger partial charge in [0.15, 0.2) is 11.5 Å². The van der Waals surface area contributed by atoms with Crippen LogP contribution >= 0.6 is 0 Å². The number of hydrogen-bond acceptors (Lipinski definition) is 8. The first kappa shape index (κ1) is 20.6. The second-order valence-electron chi connectivity index (χ2n) is 7.33. The Morgan fingerprint density at radius 2 is 1.83 bits per heavy atom. The van der Waals surface area contributed by atoms with Crippen LogP contribution in [-0.2, 0) is 9.47 Å². The number of benzene rings is 2. The van der Waals surface area contributed by atoms with E-state index in [1.807, 2.05) is 0 Å². The van der Waals surface area contributed by atoms with Crippen molar-refractivity contribution in [3.63, 3.8) is 0 Å². The van der Waals surface area contributed by atoms with E-state index in [1.54, 1.807) is 30.3 Å². The molecule has 9 heteroatoms. The summed E-state index contributed by atoms with van der Waals surface area (Å²) in [4.78, 5) is 12.8. The minimum atomic E-state index is -1.43. The second-order valence-corrected chi connectivity index (χ2v) is 7.33. The molecule has 2 aromatic carbocycles. The van der Waals surface area contributed by atoms with Crippen LogP contribution in [0, 0.1) is 0 Å². The van der Waals surface area contributed by atoms with Crippen molar-refractivity contribution in [1.82, 2.24) is 5.32 Å². The molecule has 6 atom stereocenters. The third-order valence-electron chi connectivity index (χ3n) is 5.44. The van der Waals surface area contributed by atoms with E-state index in [-0.39, 0.29) is 24.7 Å². The van der Waals surface area contributed by atoms with E-state index in [4.69, 9.17) is 14.2 Å². The van der Waals surface area contributed by atoms with Crippen molar-refractivity contribution in [3.8, 4) is 11.5 Å². The molecule has 5 N–H and O–H groups in total. The van der Waals surface area contributed by atoms with E-state index in [0.29, 0.717) is 11.1 Å². The number of aromatic hydroxyl groups is 1. The van der Waals surface area contributed by atoms with Gasteiger partial charge in [-0.05, 0) is 35.0 Å². The fourth-order valence-corrected chi connectivity index (χ4v) is 3.86. The molecule has 0 aromatic heterocycles. The quantitative estimate of drug-likeness (QED) is 0.430. The molecule has 2 aromatic rings. The molecule has 1 aliphatic heterocycles. The van der Waals surface area contributed by atoms with Crippen LogP contribution < -0.4 is 10.1 Å². The first-order chi connectivity index (χ1) is 14.4. The SMILES string of the molecule is C=CCOc1cc2ccc(C(=O)N[C@@H]3[C@H](O)[C@@H](O)[C@H]4OCO[C@H]4[C@@H]3O)cc2cc1O. The van der Waals surface area contributed by atoms with Crippen LogP contribution in [0.2, 0.25) is 0 Å². The largest absolute Gasteiger partial charge is 0.504 e. The number of phenolic OH excluding ortho intramolecular Hbond substituents is 1. The Labute approximate surface area is 172 Å². The molecule has 1 saturated heterocycles. The maximum absolute atomic E-state index is 12.8. The van der Waals surface area contributed by atoms with Crippen LogP contribution in [0.1, 0.15) is 10.4 Å². The Balaban J connectivity index is 1.54. The first-order valence-electron chi connectivity index (χ1n) is 9.49. The van der Waals surface area contributed by atoms with Gasteiger partial charge in [-0.1, -0.05) is 18.7 Å². The fourth-order valence-electron chi connectivity index (χ4n) is 3.86. The van der Waals surface area contributed by atoms with Crippen LogP contribution in [-0.4, -0.2) is 76.3 Å². The lowest BCUT2D eigenvalue weighted by molar-refractivity contribution is -0.148. The van der Waals surface area contributed by atoms with Gasteiger partial charge in [-0.25, -0.2) is 0 Å². The van der Waals surface area contributed by atoms with E-state index < -0.39 is 42.5 Å². The number of fused-ring (bicyclic) bond motifs is 2. The summed E-state index contributed by atoms with van der Waals surface area (Å²) in [7, 11) is 0. The van der Waals surface area contributed by atoms with Crippen LogP contribution in [0.5, 0.6) is 11.5 Å². The molecule has 0 unspecified atom stereocenters. The van der Waals surface area contributed by atoms with Gasteiger partial charge in [0.2, 0.25) is 0 Å². The lowest BCUT2D eigenvalue weighted by Crippen LogP contribution is -2.67. The third kappa shape index (κ3) is 3.62. The molecule has 2 aliphatic rings. The summed E-state index contributed by atoms with van der Waals surface area (Å²) in [5, 5.41) is 45.1. The number of hydrogen-bond donors (Lipinski definition) is 5. The number of amides is 1. The fraction of sp³-hybridized carbons (Fsp3) is 0.381. The Bertz CT molecular complexity index is 963. The summed E-state index contributed by atoms with van der Waals surface area (Å²) in [6, 6.07) is 6.82. The highest BCUT2D eigenvalue weighted by Crippen LogP contribution is 2.33. The molecule has 160 valence electrons. The summed E-state index contributed by atoms with van der Waals surface area (Å²) in [5.41, 5.74) is 0.251. The number of carbonyl (C=O) groups is 1. The summed E-state index contributed by atoms with van der Waals surface area (Å²) in [6.45, 7) is 3.70.